The molecular weight excluding hydrogens is 1860 g/mol. The van der Waals surface area contributed by atoms with Gasteiger partial charge in [0.25, 0.3) is 0 Å². The van der Waals surface area contributed by atoms with E-state index in [1.807, 2.05) is 60.3 Å². The van der Waals surface area contributed by atoms with Gasteiger partial charge in [0.2, 0.25) is 23.6 Å². The van der Waals surface area contributed by atoms with Crippen LogP contribution in [0.2, 0.25) is 15.1 Å². The number of anilines is 4. The third kappa shape index (κ3) is 16.0. The van der Waals surface area contributed by atoms with Crippen LogP contribution in [0.3, 0.4) is 0 Å². The minimum atomic E-state index is -4.42. The molecule has 3 aromatic carbocycles. The number of benzene rings is 3. The Labute approximate surface area is 786 Å². The van der Waals surface area contributed by atoms with Crippen LogP contribution in [0, 0.1) is 55.7 Å². The first-order valence-electron chi connectivity index (χ1n) is 42.6. The Kier molecular flexibility index (Phi) is 25.4. The van der Waals surface area contributed by atoms with Gasteiger partial charge in [0, 0.05) is 80.1 Å². The molecule has 6 aliphatic heterocycles. The highest BCUT2D eigenvalue weighted by Gasteiger charge is 2.48. The van der Waals surface area contributed by atoms with E-state index in [1.54, 1.807) is 79.2 Å². The van der Waals surface area contributed by atoms with E-state index in [9.17, 15) is 70.5 Å². The molecule has 0 saturated carbocycles. The number of phenolic OH excluding ortho intramolecular Hbond substituents is 3. The number of fused-ring (bicyclic) bond motifs is 6. The number of nitrogens with one attached hydrogen (secondary N) is 1. The van der Waals surface area contributed by atoms with Crippen LogP contribution in [0.5, 0.6) is 17.2 Å². The van der Waals surface area contributed by atoms with Crippen LogP contribution >= 0.6 is 46.6 Å². The summed E-state index contributed by atoms with van der Waals surface area (Å²) in [5.41, 5.74) is -1.03. The normalized spacial score (nSPS) is 18.2. The maximum absolute atomic E-state index is 15.4. The topological polar surface area (TPSA) is 377 Å². The van der Waals surface area contributed by atoms with Crippen molar-refractivity contribution in [3.63, 3.8) is 0 Å². The number of nitrogens with zero attached hydrogens (tertiary/aromatic N) is 18. The predicted molar refractivity (Wildman–Crippen MR) is 500 cm³/mol. The van der Waals surface area contributed by atoms with Crippen molar-refractivity contribution in [2.24, 2.45) is 0 Å². The molecule has 700 valence electrons. The number of aromatic hydroxyl groups is 3. The van der Waals surface area contributed by atoms with Gasteiger partial charge in [-0.3, -0.25) is 34.1 Å². The minimum absolute atomic E-state index is 0.0190. The number of halogens is 9. The van der Waals surface area contributed by atoms with E-state index in [0.717, 1.165) is 52.6 Å². The molecule has 6 atom stereocenters. The molecule has 0 aliphatic carbocycles. The summed E-state index contributed by atoms with van der Waals surface area (Å²) in [7, 11) is -4.42. The van der Waals surface area contributed by atoms with E-state index < -0.39 is 159 Å². The lowest BCUT2D eigenvalue weighted by Crippen LogP contribution is -2.62. The average molecular weight is 1950 g/mol. The molecule has 4 amide bonds. The smallest absolute Gasteiger partial charge is 0.355 e. The van der Waals surface area contributed by atoms with Gasteiger partial charge in [-0.05, 0) is 149 Å². The van der Waals surface area contributed by atoms with Gasteiger partial charge in [-0.15, -0.1) is 11.8 Å². The van der Waals surface area contributed by atoms with Gasteiger partial charge < -0.3 is 50.0 Å². The van der Waals surface area contributed by atoms with Crippen molar-refractivity contribution in [2.75, 3.05) is 70.8 Å². The molecule has 6 unspecified atom stereocenters. The Morgan fingerprint density at radius 2 is 0.822 bits per heavy atom. The van der Waals surface area contributed by atoms with Crippen LogP contribution in [-0.4, -0.2) is 208 Å². The quantitative estimate of drug-likeness (QED) is 0.0652. The number of amides is 4. The first-order valence-corrected chi connectivity index (χ1v) is 46.4. The molecule has 12 aromatic rings. The van der Waals surface area contributed by atoms with Crippen molar-refractivity contribution in [1.82, 2.24) is 73.3 Å². The lowest BCUT2D eigenvalue weighted by Gasteiger charge is -2.45. The molecule has 0 radical (unpaired) electrons. The first-order chi connectivity index (χ1) is 64.0. The number of thioether (sulfide) groups is 1. The summed E-state index contributed by atoms with van der Waals surface area (Å²) in [5.74, 6) is -11.8. The fraction of sp³-hybridized carbons (Fsp3) is 0.312. The highest BCUT2D eigenvalue weighted by Crippen LogP contribution is 2.53. The molecular formula is C93H86Cl3F6N19O12S2. The fourth-order valence-electron chi connectivity index (χ4n) is 18.3. The van der Waals surface area contributed by atoms with Crippen LogP contribution in [-0.2, 0) is 29.0 Å². The van der Waals surface area contributed by atoms with Crippen LogP contribution < -0.4 is 37.1 Å². The average Bonchev–Trinajstić information content (AvgIpc) is 1.67. The number of phenols is 3. The van der Waals surface area contributed by atoms with Gasteiger partial charge in [-0.1, -0.05) is 96.1 Å². The number of aromatic nitrogens is 12. The molecule has 6 aliphatic rings. The maximum atomic E-state index is 15.4. The number of hydrogen-bond acceptors (Lipinski definition) is 25. The van der Waals surface area contributed by atoms with E-state index in [0.29, 0.717) is 80.6 Å². The second-order valence-corrected chi connectivity index (χ2v) is 38.6. The van der Waals surface area contributed by atoms with E-state index >= 15 is 13.2 Å². The lowest BCUT2D eigenvalue weighted by atomic mass is 10.0. The number of aryl methyl sites for hydroxylation is 3. The zero-order chi connectivity index (χ0) is 97.5. The summed E-state index contributed by atoms with van der Waals surface area (Å²) in [6.45, 7) is 33.8. The van der Waals surface area contributed by atoms with E-state index in [-0.39, 0.29) is 134 Å². The van der Waals surface area contributed by atoms with Crippen molar-refractivity contribution in [2.45, 2.75) is 147 Å². The van der Waals surface area contributed by atoms with Crippen molar-refractivity contribution < 1.29 is 69.3 Å². The van der Waals surface area contributed by atoms with Gasteiger partial charge in [0.1, 0.15) is 51.3 Å². The minimum Gasteiger partial charge on any atom is -0.507 e. The molecule has 9 aromatic heterocycles. The van der Waals surface area contributed by atoms with Crippen molar-refractivity contribution in [3.05, 3.63) is 226 Å². The maximum Gasteiger partial charge on any atom is 0.355 e. The predicted octanol–water partition coefficient (Wildman–Crippen LogP) is 14.4. The molecule has 31 nitrogen and oxygen atoms in total. The Hall–Kier alpha value is -13.4. The number of rotatable bonds is 12. The molecule has 0 bridgehead atoms. The van der Waals surface area contributed by atoms with Crippen LogP contribution in [0.25, 0.3) is 83.9 Å². The number of hydrogen-bond donors (Lipinski definition) is 4. The van der Waals surface area contributed by atoms with Crippen LogP contribution in [0.1, 0.15) is 114 Å². The number of carbonyl (C=O) groups excluding carboxylic acids is 4. The molecule has 3 saturated heterocycles. The summed E-state index contributed by atoms with van der Waals surface area (Å²) in [5, 5.41) is 34.4. The zero-order valence-electron chi connectivity index (χ0n) is 74.4. The molecule has 4 N–H and O–H groups in total. The standard InChI is InChI=1S/C31H28ClF2N7O4.C31H29ClF2N6O5S.C31H29ClF2N6O3S/c1-6-19(43)39-12-17-30(44)37-26-21-28(40(17)11-15(39)5)38-31(45)41(27-14(4)9-10-35-24(27)13(2)3)29(21)36-25(22(26)32)20-18(42)8-7-16(33)23(20)34;1-6-20(42)38-12-17-13-46(44,45)28-22-29(39(17)11-16(38)5)37-31(43)40(27-15(4)9-10-35-25(27)14(2)3)30(22)36-26(23(28)32)21-19(41)8-7-18(33)24(21)34;1-6-20(42)38-12-17-13-44-28-22-29(39(17)11-16(38)5)37-31(43)40(27-15(4)9-10-35-25(27)14(2)3)30(22)36-26(23(28)32)21-19(41)8-7-18(33)24(21)34/h6-10,13,15,17,42H,1,11-12H2,2-5H3,(H,37,44);6-10,14,16-17,41H,1,11-13H2,2-5H3;6-10,14,16-17,41H,1,11-13H2,2-5H3. The number of piperazine rings is 3. The third-order valence-corrected chi connectivity index (χ3v) is 29.2. The molecule has 15 heterocycles. The molecule has 135 heavy (non-hydrogen) atoms. The second-order valence-electron chi connectivity index (χ2n) is 34.4. The van der Waals surface area contributed by atoms with E-state index in [1.165, 1.54) is 36.8 Å². The molecule has 3 fully saturated rings. The highest BCUT2D eigenvalue weighted by molar-refractivity contribution is 7.99. The summed E-state index contributed by atoms with van der Waals surface area (Å²) in [6, 6.07) is 7.07. The van der Waals surface area contributed by atoms with Crippen molar-refractivity contribution >= 4 is 136 Å². The Morgan fingerprint density at radius 3 is 1.23 bits per heavy atom. The Balaban J connectivity index is 0.000000147. The second kappa shape index (κ2) is 36.1. The van der Waals surface area contributed by atoms with Crippen LogP contribution in [0.4, 0.5) is 49.5 Å². The first kappa shape index (κ1) is 94.8. The monoisotopic (exact) mass is 1940 g/mol. The largest absolute Gasteiger partial charge is 0.507 e. The summed E-state index contributed by atoms with van der Waals surface area (Å²) in [6.07, 6.45) is 8.40. The third-order valence-electron chi connectivity index (χ3n) is 24.8. The Morgan fingerprint density at radius 1 is 0.474 bits per heavy atom. The van der Waals surface area contributed by atoms with Gasteiger partial charge in [0.05, 0.1) is 124 Å². The molecule has 42 heteroatoms. The van der Waals surface area contributed by atoms with Crippen LogP contribution in [0.15, 0.2) is 135 Å². The van der Waals surface area contributed by atoms with Gasteiger partial charge in [0.15, 0.2) is 61.7 Å². The molecule has 0 spiro atoms. The Bertz CT molecular complexity index is 7480. The SMILES string of the molecule is C=CC(=O)N1CC2C(=O)Nc3c(Cl)c(-c4c(O)ccc(F)c4F)nc4c3c(nc(=O)n4-c3c(C)ccnc3C(C)C)N2CC1C.C=CC(=O)N1CC2CS(=O)(=O)c3c(Cl)c(-c4c(O)ccc(F)c4F)nc4c3c(nc(=O)n4-c3c(C)ccnc3C(C)C)N2CC1C.C=CC(=O)N1CC2CSc3c(Cl)c(-c4c(O)ccc(F)c4F)nc4c3c(nc(=O)n4-c3c(C)ccnc3C(C)C)N2CC1C. The van der Waals surface area contributed by atoms with Crippen molar-refractivity contribution in [1.29, 1.82) is 0 Å². The van der Waals surface area contributed by atoms with Gasteiger partial charge in [-0.2, -0.15) is 15.0 Å². The fourth-order valence-corrected chi connectivity index (χ4v) is 22.6. The number of carbonyl (C=O) groups is 4. The highest BCUT2D eigenvalue weighted by atomic mass is 35.5. The summed E-state index contributed by atoms with van der Waals surface area (Å²) in [4.78, 5) is 145. The number of pyridine rings is 6. The lowest BCUT2D eigenvalue weighted by molar-refractivity contribution is -0.131. The molecule has 18 rings (SSSR count). The summed E-state index contributed by atoms with van der Waals surface area (Å²) >= 11 is 21.9. The summed E-state index contributed by atoms with van der Waals surface area (Å²) < 4.78 is 122. The van der Waals surface area contributed by atoms with E-state index in [2.05, 4.69) is 64.9 Å². The zero-order valence-corrected chi connectivity index (χ0v) is 78.3. The van der Waals surface area contributed by atoms with Crippen molar-refractivity contribution in [3.8, 4) is 68.1 Å². The number of sulfone groups is 1. The van der Waals surface area contributed by atoms with E-state index in [4.69, 9.17) is 39.8 Å². The van der Waals surface area contributed by atoms with Gasteiger partial charge >= 0.3 is 17.1 Å². The van der Waals surface area contributed by atoms with Gasteiger partial charge in [-0.25, -0.2) is 77.8 Å².